The third-order valence-corrected chi connectivity index (χ3v) is 2.95. The number of aliphatic hydroxyl groups excluding tert-OH is 4. The molecule has 4 N–H and O–H groups in total. The zero-order valence-corrected chi connectivity index (χ0v) is 9.30. The number of aliphatic hydroxyl groups is 4. The average molecular weight is 252 g/mol. The molecule has 0 spiro atoms. The van der Waals surface area contributed by atoms with Crippen molar-refractivity contribution in [1.82, 2.24) is 19.6 Å². The summed E-state index contributed by atoms with van der Waals surface area (Å²) in [5.74, 6) is 0. The molecule has 2 aromatic rings. The van der Waals surface area contributed by atoms with Crippen LogP contribution in [0.25, 0.3) is 0 Å². The van der Waals surface area contributed by atoms with E-state index in [-0.39, 0.29) is 13.2 Å². The summed E-state index contributed by atoms with van der Waals surface area (Å²) in [6.07, 6.45) is -2.20. The van der Waals surface area contributed by atoms with E-state index in [0.717, 1.165) is 0 Å². The number of fused-ring (bicyclic) bond motifs is 2. The summed E-state index contributed by atoms with van der Waals surface area (Å²) in [7, 11) is 0. The second-order valence-electron chi connectivity index (χ2n) is 4.07. The lowest BCUT2D eigenvalue weighted by molar-refractivity contribution is 0.0420. The van der Waals surface area contributed by atoms with E-state index in [1.54, 1.807) is 0 Å². The molecule has 0 saturated carbocycles. The van der Waals surface area contributed by atoms with Crippen LogP contribution in [-0.2, 0) is 13.2 Å². The Morgan fingerprint density at radius 2 is 1.28 bits per heavy atom. The van der Waals surface area contributed by atoms with Crippen LogP contribution < -0.4 is 0 Å². The van der Waals surface area contributed by atoms with E-state index >= 15 is 0 Å². The van der Waals surface area contributed by atoms with Gasteiger partial charge < -0.3 is 20.4 Å². The Morgan fingerprint density at radius 1 is 0.889 bits per heavy atom. The molecular formula is C10H12N4O4. The van der Waals surface area contributed by atoms with Gasteiger partial charge in [0.1, 0.15) is 0 Å². The van der Waals surface area contributed by atoms with Crippen molar-refractivity contribution in [1.29, 1.82) is 0 Å². The third-order valence-electron chi connectivity index (χ3n) is 2.95. The van der Waals surface area contributed by atoms with Gasteiger partial charge in [-0.1, -0.05) is 0 Å². The molecule has 3 rings (SSSR count). The van der Waals surface area contributed by atoms with Crippen LogP contribution in [0.3, 0.4) is 0 Å². The maximum atomic E-state index is 10.1. The summed E-state index contributed by atoms with van der Waals surface area (Å²) >= 11 is 0. The van der Waals surface area contributed by atoms with Crippen molar-refractivity contribution >= 4 is 0 Å². The van der Waals surface area contributed by atoms with Gasteiger partial charge in [-0.25, -0.2) is 9.36 Å². The Hall–Kier alpha value is -1.74. The van der Waals surface area contributed by atoms with Gasteiger partial charge in [-0.2, -0.15) is 10.2 Å². The average Bonchev–Trinajstić information content (AvgIpc) is 3.00. The predicted octanol–water partition coefficient (Wildman–Crippen LogP) is -1.54. The first kappa shape index (κ1) is 11.4. The minimum absolute atomic E-state index is 0.274. The summed E-state index contributed by atoms with van der Waals surface area (Å²) in [6.45, 7) is -0.548. The van der Waals surface area contributed by atoms with Crippen LogP contribution in [0.15, 0.2) is 12.1 Å². The van der Waals surface area contributed by atoms with Crippen molar-refractivity contribution in [2.45, 2.75) is 25.7 Å². The number of nitrogens with zero attached hydrogens (tertiary/aromatic N) is 4. The van der Waals surface area contributed by atoms with Gasteiger partial charge in [-0.3, -0.25) is 0 Å². The molecule has 8 nitrogen and oxygen atoms in total. The molecule has 0 saturated heterocycles. The molecule has 18 heavy (non-hydrogen) atoms. The molecule has 0 fully saturated rings. The normalized spacial score (nSPS) is 21.8. The lowest BCUT2D eigenvalue weighted by atomic mass is 10.2. The van der Waals surface area contributed by atoms with Crippen LogP contribution in [-0.4, -0.2) is 40.0 Å². The first-order valence-electron chi connectivity index (χ1n) is 5.40. The number of aromatic nitrogens is 4. The highest BCUT2D eigenvalue weighted by atomic mass is 16.3. The minimum Gasteiger partial charge on any atom is -0.390 e. The second kappa shape index (κ2) is 3.89. The molecule has 0 aliphatic carbocycles. The summed E-state index contributed by atoms with van der Waals surface area (Å²) in [5, 5.41) is 46.2. The van der Waals surface area contributed by atoms with Crippen molar-refractivity contribution in [2.75, 3.05) is 0 Å². The van der Waals surface area contributed by atoms with Crippen molar-refractivity contribution in [3.8, 4) is 0 Å². The largest absolute Gasteiger partial charge is 0.390 e. The Morgan fingerprint density at radius 3 is 1.61 bits per heavy atom. The molecular weight excluding hydrogens is 240 g/mol. The third kappa shape index (κ3) is 1.40. The molecule has 96 valence electrons. The molecule has 2 unspecified atom stereocenters. The monoisotopic (exact) mass is 252 g/mol. The maximum absolute atomic E-state index is 10.1. The van der Waals surface area contributed by atoms with Crippen molar-refractivity contribution in [2.24, 2.45) is 0 Å². The van der Waals surface area contributed by atoms with E-state index in [1.807, 2.05) is 0 Å². The van der Waals surface area contributed by atoms with Crippen LogP contribution >= 0.6 is 0 Å². The second-order valence-corrected chi connectivity index (χ2v) is 4.07. The quantitative estimate of drug-likeness (QED) is 0.514. The van der Waals surface area contributed by atoms with E-state index in [9.17, 15) is 10.2 Å². The minimum atomic E-state index is -1.10. The van der Waals surface area contributed by atoms with E-state index < -0.39 is 12.5 Å². The van der Waals surface area contributed by atoms with E-state index in [4.69, 9.17) is 10.2 Å². The Labute approximate surface area is 101 Å². The summed E-state index contributed by atoms with van der Waals surface area (Å²) in [6, 6.07) is 2.99. The molecule has 0 amide bonds. The van der Waals surface area contributed by atoms with Gasteiger partial charge in [0.05, 0.1) is 36.0 Å². The predicted molar refractivity (Wildman–Crippen MR) is 57.0 cm³/mol. The van der Waals surface area contributed by atoms with Gasteiger partial charge >= 0.3 is 0 Å². The highest BCUT2D eigenvalue weighted by Crippen LogP contribution is 2.31. The highest BCUT2D eigenvalue weighted by molar-refractivity contribution is 5.23. The molecule has 3 heterocycles. The Bertz CT molecular complexity index is 495. The van der Waals surface area contributed by atoms with Crippen molar-refractivity contribution in [3.05, 3.63) is 34.9 Å². The summed E-state index contributed by atoms with van der Waals surface area (Å²) < 4.78 is 2.46. The summed E-state index contributed by atoms with van der Waals surface area (Å²) in [4.78, 5) is 0. The first-order valence-corrected chi connectivity index (χ1v) is 5.40. The number of hydrogen-bond donors (Lipinski definition) is 4. The zero-order valence-electron chi connectivity index (χ0n) is 9.30. The maximum Gasteiger partial charge on any atom is 0.190 e. The number of rotatable bonds is 2. The van der Waals surface area contributed by atoms with Crippen LogP contribution in [0, 0.1) is 0 Å². The summed E-state index contributed by atoms with van der Waals surface area (Å²) in [5.41, 5.74) is 1.39. The molecule has 0 radical (unpaired) electrons. The smallest absolute Gasteiger partial charge is 0.190 e. The standard InChI is InChI=1S/C10H12N4O4/c15-3-5-1-7-9(17)14-8(2-6(4-16)12-14)10(18)13(7)11-5/h1-2,9-10,15-18H,3-4H2. The van der Waals surface area contributed by atoms with Gasteiger partial charge in [-0.05, 0) is 12.1 Å². The van der Waals surface area contributed by atoms with E-state index in [1.165, 1.54) is 21.5 Å². The molecule has 2 atom stereocenters. The molecule has 0 bridgehead atoms. The van der Waals surface area contributed by atoms with E-state index in [2.05, 4.69) is 10.2 Å². The van der Waals surface area contributed by atoms with Crippen LogP contribution in [0.1, 0.15) is 35.2 Å². The van der Waals surface area contributed by atoms with Gasteiger partial charge in [0.2, 0.25) is 0 Å². The number of hydrogen-bond acceptors (Lipinski definition) is 6. The molecule has 1 aliphatic rings. The topological polar surface area (TPSA) is 117 Å². The lowest BCUT2D eigenvalue weighted by Crippen LogP contribution is -2.29. The molecule has 1 aliphatic heterocycles. The van der Waals surface area contributed by atoms with Gasteiger partial charge in [0.25, 0.3) is 0 Å². The van der Waals surface area contributed by atoms with E-state index in [0.29, 0.717) is 22.8 Å². The first-order chi connectivity index (χ1) is 8.65. The van der Waals surface area contributed by atoms with Crippen molar-refractivity contribution in [3.63, 3.8) is 0 Å². The van der Waals surface area contributed by atoms with Gasteiger partial charge in [0, 0.05) is 0 Å². The Kier molecular flexibility index (Phi) is 2.45. The molecule has 0 aromatic carbocycles. The van der Waals surface area contributed by atoms with Crippen LogP contribution in [0.4, 0.5) is 0 Å². The van der Waals surface area contributed by atoms with Crippen LogP contribution in [0.5, 0.6) is 0 Å². The molecule has 8 heteroatoms. The molecule has 2 aromatic heterocycles. The fraction of sp³-hybridized carbons (Fsp3) is 0.400. The van der Waals surface area contributed by atoms with Gasteiger partial charge in [-0.15, -0.1) is 0 Å². The zero-order chi connectivity index (χ0) is 12.9. The highest BCUT2D eigenvalue weighted by Gasteiger charge is 2.32. The van der Waals surface area contributed by atoms with Crippen molar-refractivity contribution < 1.29 is 20.4 Å². The lowest BCUT2D eigenvalue weighted by Gasteiger charge is -2.25. The fourth-order valence-corrected chi connectivity index (χ4v) is 2.11. The fourth-order valence-electron chi connectivity index (χ4n) is 2.11. The van der Waals surface area contributed by atoms with Crippen LogP contribution in [0.2, 0.25) is 0 Å². The van der Waals surface area contributed by atoms with Gasteiger partial charge in [0.15, 0.2) is 12.5 Å². The Balaban J connectivity index is 2.14. The SMILES string of the molecule is OCc1cc2n(n1)C(O)c1cc(CO)nn1C2O.